The van der Waals surface area contributed by atoms with Gasteiger partial charge in [0.25, 0.3) is 0 Å². The molecule has 15 heavy (non-hydrogen) atoms. The van der Waals surface area contributed by atoms with Crippen molar-refractivity contribution >= 4 is 5.96 Å². The van der Waals surface area contributed by atoms with Gasteiger partial charge in [-0.25, -0.2) is 0 Å². The quantitative estimate of drug-likeness (QED) is 0.576. The molecule has 2 rings (SSSR count). The molecule has 0 spiro atoms. The minimum atomic E-state index is -0.754. The maximum Gasteiger partial charge on any atom is 0.191 e. The van der Waals surface area contributed by atoms with E-state index in [1.807, 2.05) is 6.92 Å². The molecule has 0 aromatic carbocycles. The van der Waals surface area contributed by atoms with Crippen LogP contribution in [-0.4, -0.2) is 48.5 Å². The van der Waals surface area contributed by atoms with Gasteiger partial charge in [-0.1, -0.05) is 0 Å². The molecule has 5 heteroatoms. The number of aliphatic hydroxyl groups is 1. The lowest BCUT2D eigenvalue weighted by Crippen LogP contribution is -2.50. The van der Waals surface area contributed by atoms with Crippen molar-refractivity contribution in [1.29, 1.82) is 0 Å². The summed E-state index contributed by atoms with van der Waals surface area (Å²) < 4.78 is 5.35. The first kappa shape index (κ1) is 10.7. The predicted molar refractivity (Wildman–Crippen MR) is 57.9 cm³/mol. The van der Waals surface area contributed by atoms with E-state index >= 15 is 0 Å². The van der Waals surface area contributed by atoms with E-state index in [1.165, 1.54) is 0 Å². The monoisotopic (exact) mass is 213 g/mol. The highest BCUT2D eigenvalue weighted by molar-refractivity contribution is 5.81. The van der Waals surface area contributed by atoms with Crippen LogP contribution in [0.25, 0.3) is 0 Å². The third-order valence-electron chi connectivity index (χ3n) is 3.13. The first-order valence-corrected chi connectivity index (χ1v) is 5.49. The van der Waals surface area contributed by atoms with Crippen molar-refractivity contribution in [3.63, 3.8) is 0 Å². The van der Waals surface area contributed by atoms with E-state index < -0.39 is 5.60 Å². The van der Waals surface area contributed by atoms with E-state index in [9.17, 15) is 5.11 Å². The molecule has 3 atom stereocenters. The zero-order chi connectivity index (χ0) is 10.9. The Bertz CT molecular complexity index is 269. The molecule has 1 fully saturated rings. The first-order chi connectivity index (χ1) is 7.10. The second-order valence-corrected chi connectivity index (χ2v) is 4.45. The van der Waals surface area contributed by atoms with E-state index in [1.54, 1.807) is 0 Å². The Morgan fingerprint density at radius 2 is 2.47 bits per heavy atom. The second kappa shape index (κ2) is 3.98. The van der Waals surface area contributed by atoms with Gasteiger partial charge in [-0.3, -0.25) is 4.99 Å². The summed E-state index contributed by atoms with van der Waals surface area (Å²) in [5.74, 6) is 0.787. The average Bonchev–Trinajstić information content (AvgIpc) is 2.73. The van der Waals surface area contributed by atoms with Crippen LogP contribution in [0.15, 0.2) is 4.99 Å². The fourth-order valence-corrected chi connectivity index (χ4v) is 1.90. The van der Waals surface area contributed by atoms with Crippen LogP contribution in [0.4, 0.5) is 0 Å². The van der Waals surface area contributed by atoms with Crippen LogP contribution in [0.5, 0.6) is 0 Å². The van der Waals surface area contributed by atoms with E-state index in [0.717, 1.165) is 12.5 Å². The summed E-state index contributed by atoms with van der Waals surface area (Å²) in [6.07, 6.45) is 0.578. The van der Waals surface area contributed by atoms with Gasteiger partial charge in [-0.15, -0.1) is 0 Å². The van der Waals surface area contributed by atoms with Crippen molar-refractivity contribution in [2.24, 2.45) is 4.99 Å². The van der Waals surface area contributed by atoms with Gasteiger partial charge in [0.2, 0.25) is 0 Å². The van der Waals surface area contributed by atoms with Crippen LogP contribution in [0.1, 0.15) is 20.3 Å². The van der Waals surface area contributed by atoms with Gasteiger partial charge in [0.15, 0.2) is 5.96 Å². The highest BCUT2D eigenvalue weighted by atomic mass is 16.5. The molecule has 0 bridgehead atoms. The van der Waals surface area contributed by atoms with Crippen molar-refractivity contribution in [3.8, 4) is 0 Å². The number of hydrogen-bond acceptors (Lipinski definition) is 5. The van der Waals surface area contributed by atoms with Gasteiger partial charge in [0, 0.05) is 25.6 Å². The molecule has 3 N–H and O–H groups in total. The van der Waals surface area contributed by atoms with Crippen LogP contribution >= 0.6 is 0 Å². The van der Waals surface area contributed by atoms with Crippen molar-refractivity contribution in [2.75, 3.05) is 19.7 Å². The lowest BCUT2D eigenvalue weighted by Gasteiger charge is -2.26. The van der Waals surface area contributed by atoms with Gasteiger partial charge >= 0.3 is 0 Å². The number of hydrogen-bond donors (Lipinski definition) is 3. The molecule has 5 nitrogen and oxygen atoms in total. The molecule has 2 aliphatic heterocycles. The average molecular weight is 213 g/mol. The molecule has 0 radical (unpaired) electrons. The third-order valence-corrected chi connectivity index (χ3v) is 3.13. The van der Waals surface area contributed by atoms with Crippen LogP contribution in [0, 0.1) is 0 Å². The van der Waals surface area contributed by atoms with Crippen LogP contribution < -0.4 is 10.6 Å². The SMILES string of the molecule is CC1CN=C(NCC2(O)CCOC2C)N1. The summed E-state index contributed by atoms with van der Waals surface area (Å²) in [5.41, 5.74) is -0.754. The van der Waals surface area contributed by atoms with Crippen molar-refractivity contribution in [3.05, 3.63) is 0 Å². The zero-order valence-corrected chi connectivity index (χ0v) is 9.29. The van der Waals surface area contributed by atoms with E-state index in [4.69, 9.17) is 4.74 Å². The third kappa shape index (κ3) is 2.23. The van der Waals surface area contributed by atoms with Gasteiger partial charge in [-0.05, 0) is 13.8 Å². The maximum atomic E-state index is 10.2. The van der Waals surface area contributed by atoms with Crippen LogP contribution in [-0.2, 0) is 4.74 Å². The van der Waals surface area contributed by atoms with E-state index in [0.29, 0.717) is 25.6 Å². The molecule has 0 aromatic heterocycles. The number of nitrogens with one attached hydrogen (secondary N) is 2. The van der Waals surface area contributed by atoms with E-state index in [2.05, 4.69) is 22.5 Å². The molecule has 0 amide bonds. The Morgan fingerprint density at radius 1 is 1.67 bits per heavy atom. The van der Waals surface area contributed by atoms with Crippen molar-refractivity contribution < 1.29 is 9.84 Å². The van der Waals surface area contributed by atoms with Gasteiger partial charge in [0.1, 0.15) is 5.60 Å². The lowest BCUT2D eigenvalue weighted by molar-refractivity contribution is -0.0234. The van der Waals surface area contributed by atoms with Gasteiger partial charge in [0.05, 0.1) is 12.6 Å². The van der Waals surface area contributed by atoms with Gasteiger partial charge in [-0.2, -0.15) is 0 Å². The predicted octanol–water partition coefficient (Wildman–Crippen LogP) is -0.536. The Balaban J connectivity index is 1.82. The molecular formula is C10H19N3O2. The molecule has 86 valence electrons. The molecule has 0 saturated carbocycles. The molecule has 0 aliphatic carbocycles. The highest BCUT2D eigenvalue weighted by Crippen LogP contribution is 2.24. The number of guanidine groups is 1. The number of nitrogens with zero attached hydrogens (tertiary/aromatic N) is 1. The summed E-state index contributed by atoms with van der Waals surface area (Å²) in [6, 6.07) is 0.388. The highest BCUT2D eigenvalue weighted by Gasteiger charge is 2.39. The lowest BCUT2D eigenvalue weighted by atomic mass is 9.97. The summed E-state index contributed by atoms with van der Waals surface area (Å²) in [7, 11) is 0. The maximum absolute atomic E-state index is 10.2. The normalized spacial score (nSPS) is 40.1. The molecule has 2 aliphatic rings. The molecule has 0 aromatic rings. The Hall–Kier alpha value is -0.810. The fourth-order valence-electron chi connectivity index (χ4n) is 1.90. The second-order valence-electron chi connectivity index (χ2n) is 4.45. The topological polar surface area (TPSA) is 65.9 Å². The van der Waals surface area contributed by atoms with Crippen LogP contribution in [0.3, 0.4) is 0 Å². The Kier molecular flexibility index (Phi) is 2.84. The van der Waals surface area contributed by atoms with Crippen molar-refractivity contribution in [1.82, 2.24) is 10.6 Å². The fraction of sp³-hybridized carbons (Fsp3) is 0.900. The van der Waals surface area contributed by atoms with Crippen LogP contribution in [0.2, 0.25) is 0 Å². The summed E-state index contributed by atoms with van der Waals surface area (Å²) in [4.78, 5) is 4.28. The molecular weight excluding hydrogens is 194 g/mol. The van der Waals surface area contributed by atoms with E-state index in [-0.39, 0.29) is 6.10 Å². The Labute approximate surface area is 89.9 Å². The zero-order valence-electron chi connectivity index (χ0n) is 9.29. The number of aliphatic imine (C=N–C) groups is 1. The minimum Gasteiger partial charge on any atom is -0.385 e. The van der Waals surface area contributed by atoms with Crippen molar-refractivity contribution in [2.45, 2.75) is 38.0 Å². The molecule has 3 unspecified atom stereocenters. The molecule has 2 heterocycles. The first-order valence-electron chi connectivity index (χ1n) is 5.49. The smallest absolute Gasteiger partial charge is 0.191 e. The largest absolute Gasteiger partial charge is 0.385 e. The standard InChI is InChI=1S/C10H19N3O2/c1-7-5-11-9(13-7)12-6-10(14)3-4-15-8(10)2/h7-8,14H,3-6H2,1-2H3,(H2,11,12,13). The summed E-state index contributed by atoms with van der Waals surface area (Å²) in [5, 5.41) is 16.5. The molecule has 1 saturated heterocycles. The van der Waals surface area contributed by atoms with Gasteiger partial charge < -0.3 is 20.5 Å². The minimum absolute atomic E-state index is 0.107. The number of ether oxygens (including phenoxy) is 1. The number of rotatable bonds is 2. The summed E-state index contributed by atoms with van der Waals surface area (Å²) in [6.45, 7) is 5.91. The Morgan fingerprint density at radius 3 is 3.00 bits per heavy atom. The summed E-state index contributed by atoms with van der Waals surface area (Å²) >= 11 is 0.